The summed E-state index contributed by atoms with van der Waals surface area (Å²) in [7, 11) is -3.37. The highest BCUT2D eigenvalue weighted by molar-refractivity contribution is 9.11. The lowest BCUT2D eigenvalue weighted by Crippen LogP contribution is -2.44. The molecule has 114 valence electrons. The van der Waals surface area contributed by atoms with Crippen LogP contribution in [0, 0.1) is 6.92 Å². The van der Waals surface area contributed by atoms with E-state index in [4.69, 9.17) is 0 Å². The molecule has 0 atom stereocenters. The van der Waals surface area contributed by atoms with Gasteiger partial charge in [-0.3, -0.25) is 0 Å². The van der Waals surface area contributed by atoms with E-state index in [0.29, 0.717) is 11.4 Å². The molecule has 0 spiro atoms. The van der Waals surface area contributed by atoms with Gasteiger partial charge in [0.05, 0.1) is 8.68 Å². The van der Waals surface area contributed by atoms with Gasteiger partial charge in [-0.15, -0.1) is 11.3 Å². The van der Waals surface area contributed by atoms with Gasteiger partial charge in [-0.1, -0.05) is 0 Å². The van der Waals surface area contributed by atoms with Crippen LogP contribution in [0.2, 0.25) is 0 Å². The average molecular weight is 382 g/mol. The van der Waals surface area contributed by atoms with Crippen molar-refractivity contribution >= 4 is 37.3 Å². The maximum atomic E-state index is 12.2. The van der Waals surface area contributed by atoms with Crippen LogP contribution in [0.4, 0.5) is 0 Å². The van der Waals surface area contributed by atoms with Crippen molar-refractivity contribution in [2.24, 2.45) is 0 Å². The predicted octanol–water partition coefficient (Wildman–Crippen LogP) is 1.39. The summed E-state index contributed by atoms with van der Waals surface area (Å²) in [4.78, 5) is 3.56. The summed E-state index contributed by atoms with van der Waals surface area (Å²) < 4.78 is 27.9. The summed E-state index contributed by atoms with van der Waals surface area (Å²) in [5, 5.41) is 3.30. The Morgan fingerprint density at radius 1 is 1.45 bits per heavy atom. The Hall–Kier alpha value is 0.01000. The van der Waals surface area contributed by atoms with Crippen LogP contribution < -0.4 is 10.0 Å². The van der Waals surface area contributed by atoms with E-state index >= 15 is 0 Å². The lowest BCUT2D eigenvalue weighted by Gasteiger charge is -2.27. The number of aryl methyl sites for hydroxylation is 1. The Morgan fingerprint density at radius 2 is 2.15 bits per heavy atom. The molecule has 1 aromatic rings. The number of piperazine rings is 1. The van der Waals surface area contributed by atoms with E-state index in [2.05, 4.69) is 30.9 Å². The molecule has 0 aromatic carbocycles. The van der Waals surface area contributed by atoms with Crippen LogP contribution in [0.5, 0.6) is 0 Å². The molecule has 8 heteroatoms. The summed E-state index contributed by atoms with van der Waals surface area (Å²) >= 11 is 4.76. The van der Waals surface area contributed by atoms with Crippen molar-refractivity contribution < 1.29 is 8.42 Å². The average Bonchev–Trinajstić information content (AvgIpc) is 2.76. The molecule has 0 amide bonds. The van der Waals surface area contributed by atoms with Gasteiger partial charge in [-0.2, -0.15) is 0 Å². The zero-order chi connectivity index (χ0) is 14.6. The van der Waals surface area contributed by atoms with Crippen LogP contribution in [0.3, 0.4) is 0 Å². The summed E-state index contributed by atoms with van der Waals surface area (Å²) in [6.07, 6.45) is 0.837. The van der Waals surface area contributed by atoms with E-state index in [-0.39, 0.29) is 0 Å². The lowest BCUT2D eigenvalue weighted by molar-refractivity contribution is 0.239. The van der Waals surface area contributed by atoms with E-state index in [1.54, 1.807) is 6.07 Å². The highest BCUT2D eigenvalue weighted by atomic mass is 79.9. The Morgan fingerprint density at radius 3 is 2.75 bits per heavy atom. The third-order valence-corrected chi connectivity index (χ3v) is 6.55. The molecule has 1 aliphatic rings. The number of halogens is 1. The Labute approximate surface area is 132 Å². The fraction of sp³-hybridized carbons (Fsp3) is 0.667. The van der Waals surface area contributed by atoms with Crippen LogP contribution in [-0.4, -0.2) is 52.6 Å². The molecule has 2 heterocycles. The molecule has 0 unspecified atom stereocenters. The Kier molecular flexibility index (Phi) is 6.00. The third-order valence-electron chi connectivity index (χ3n) is 3.28. The first-order valence-corrected chi connectivity index (χ1v) is 9.77. The first-order valence-electron chi connectivity index (χ1n) is 6.68. The summed E-state index contributed by atoms with van der Waals surface area (Å²) in [5.41, 5.74) is 0. The molecule has 20 heavy (non-hydrogen) atoms. The highest BCUT2D eigenvalue weighted by Gasteiger charge is 2.19. The molecule has 1 saturated heterocycles. The predicted molar refractivity (Wildman–Crippen MR) is 85.9 cm³/mol. The molecule has 1 fully saturated rings. The van der Waals surface area contributed by atoms with Crippen molar-refractivity contribution in [1.82, 2.24) is 14.9 Å². The van der Waals surface area contributed by atoms with Gasteiger partial charge in [0, 0.05) is 37.6 Å². The highest BCUT2D eigenvalue weighted by Crippen LogP contribution is 2.29. The standard InChI is InChI=1S/C12H20BrN3O2S2/c1-10-11(9-12(13)19-10)20(17,18)15-3-2-6-16-7-4-14-5-8-16/h9,14-15H,2-8H2,1H3. The largest absolute Gasteiger partial charge is 0.314 e. The van der Waals surface area contributed by atoms with E-state index in [9.17, 15) is 8.42 Å². The van der Waals surface area contributed by atoms with Gasteiger partial charge in [-0.05, 0) is 41.9 Å². The van der Waals surface area contributed by atoms with Crippen LogP contribution in [0.15, 0.2) is 14.7 Å². The molecule has 1 aromatic heterocycles. The molecule has 0 aliphatic carbocycles. The molecule has 0 bridgehead atoms. The minimum atomic E-state index is -3.37. The number of hydrogen-bond donors (Lipinski definition) is 2. The first kappa shape index (κ1) is 16.4. The van der Waals surface area contributed by atoms with Crippen molar-refractivity contribution in [3.8, 4) is 0 Å². The normalized spacial score (nSPS) is 17.5. The van der Waals surface area contributed by atoms with E-state index in [1.165, 1.54) is 11.3 Å². The van der Waals surface area contributed by atoms with Crippen molar-refractivity contribution in [3.63, 3.8) is 0 Å². The van der Waals surface area contributed by atoms with Crippen molar-refractivity contribution in [2.75, 3.05) is 39.3 Å². The summed E-state index contributed by atoms with van der Waals surface area (Å²) in [6, 6.07) is 1.67. The van der Waals surface area contributed by atoms with Crippen LogP contribution in [-0.2, 0) is 10.0 Å². The van der Waals surface area contributed by atoms with Gasteiger partial charge in [0.2, 0.25) is 10.0 Å². The van der Waals surface area contributed by atoms with Crippen LogP contribution in [0.1, 0.15) is 11.3 Å². The number of hydrogen-bond acceptors (Lipinski definition) is 5. The molecule has 0 saturated carbocycles. The summed E-state index contributed by atoms with van der Waals surface area (Å²) in [5.74, 6) is 0. The second-order valence-electron chi connectivity index (χ2n) is 4.81. The maximum absolute atomic E-state index is 12.2. The zero-order valence-corrected chi connectivity index (χ0v) is 14.7. The van der Waals surface area contributed by atoms with E-state index in [1.807, 2.05) is 6.92 Å². The molecular formula is C12H20BrN3O2S2. The monoisotopic (exact) mass is 381 g/mol. The smallest absolute Gasteiger partial charge is 0.241 e. The van der Waals surface area contributed by atoms with Gasteiger partial charge in [0.25, 0.3) is 0 Å². The Bertz CT molecular complexity index is 539. The van der Waals surface area contributed by atoms with E-state index < -0.39 is 10.0 Å². The van der Waals surface area contributed by atoms with Crippen molar-refractivity contribution in [1.29, 1.82) is 0 Å². The number of nitrogens with zero attached hydrogens (tertiary/aromatic N) is 1. The number of nitrogens with one attached hydrogen (secondary N) is 2. The fourth-order valence-electron chi connectivity index (χ4n) is 2.22. The van der Waals surface area contributed by atoms with Crippen molar-refractivity contribution in [2.45, 2.75) is 18.2 Å². The topological polar surface area (TPSA) is 61.4 Å². The van der Waals surface area contributed by atoms with Gasteiger partial charge in [0.15, 0.2) is 0 Å². The van der Waals surface area contributed by atoms with Gasteiger partial charge in [0.1, 0.15) is 0 Å². The fourth-order valence-corrected chi connectivity index (χ4v) is 5.71. The minimum Gasteiger partial charge on any atom is -0.314 e. The SMILES string of the molecule is Cc1sc(Br)cc1S(=O)(=O)NCCCN1CCNCC1. The quantitative estimate of drug-likeness (QED) is 0.731. The molecule has 0 radical (unpaired) electrons. The molecule has 2 rings (SSSR count). The number of sulfonamides is 1. The van der Waals surface area contributed by atoms with Gasteiger partial charge < -0.3 is 10.2 Å². The minimum absolute atomic E-state index is 0.386. The van der Waals surface area contributed by atoms with Crippen LogP contribution in [0.25, 0.3) is 0 Å². The second kappa shape index (κ2) is 7.33. The number of thiophene rings is 1. The molecule has 2 N–H and O–H groups in total. The summed E-state index contributed by atoms with van der Waals surface area (Å²) in [6.45, 7) is 7.38. The number of rotatable bonds is 6. The second-order valence-corrected chi connectivity index (χ2v) is 9.18. The lowest BCUT2D eigenvalue weighted by atomic mass is 10.3. The molecule has 5 nitrogen and oxygen atoms in total. The van der Waals surface area contributed by atoms with E-state index in [0.717, 1.165) is 47.8 Å². The Balaban J connectivity index is 1.79. The molecular weight excluding hydrogens is 362 g/mol. The zero-order valence-electron chi connectivity index (χ0n) is 11.5. The first-order chi connectivity index (χ1) is 9.49. The maximum Gasteiger partial charge on any atom is 0.241 e. The van der Waals surface area contributed by atoms with Gasteiger partial charge >= 0.3 is 0 Å². The van der Waals surface area contributed by atoms with Gasteiger partial charge in [-0.25, -0.2) is 13.1 Å². The third kappa shape index (κ3) is 4.51. The van der Waals surface area contributed by atoms with Crippen molar-refractivity contribution in [3.05, 3.63) is 14.7 Å². The van der Waals surface area contributed by atoms with Crippen LogP contribution >= 0.6 is 27.3 Å². The molecule has 1 aliphatic heterocycles.